The summed E-state index contributed by atoms with van der Waals surface area (Å²) in [5, 5.41) is 3.96. The average molecular weight is 228 g/mol. The van der Waals surface area contributed by atoms with Crippen molar-refractivity contribution in [1.82, 2.24) is 10.3 Å². The molecule has 1 atom stereocenters. The molecular weight excluding hydrogens is 212 g/mol. The van der Waals surface area contributed by atoms with Crippen molar-refractivity contribution in [3.8, 4) is 0 Å². The fraction of sp³-hybridized carbons (Fsp3) is 0.286. The van der Waals surface area contributed by atoms with Crippen LogP contribution >= 0.6 is 0 Å². The first-order valence-electron chi connectivity index (χ1n) is 5.87. The summed E-state index contributed by atoms with van der Waals surface area (Å²) in [6.07, 6.45) is 0.916. The fourth-order valence-electron chi connectivity index (χ4n) is 1.59. The number of hydrogen-bond donors (Lipinski definition) is 1. The number of nitrogens with one attached hydrogen (secondary N) is 1. The zero-order valence-corrected chi connectivity index (χ0v) is 10.1. The standard InChI is InChI=1S/C14H16N2O/c1-3-10(2)15-14(17)13-9-8-11-6-4-5-7-12(11)16-13/h4-10H,3H2,1-2H3,(H,15,17). The number of hydrogen-bond acceptors (Lipinski definition) is 2. The summed E-state index contributed by atoms with van der Waals surface area (Å²) in [6, 6.07) is 11.6. The first-order valence-corrected chi connectivity index (χ1v) is 5.87. The molecule has 1 aromatic heterocycles. The van der Waals surface area contributed by atoms with Crippen LogP contribution in [0.3, 0.4) is 0 Å². The van der Waals surface area contributed by atoms with Crippen LogP contribution in [-0.2, 0) is 0 Å². The van der Waals surface area contributed by atoms with Gasteiger partial charge in [0.1, 0.15) is 5.69 Å². The van der Waals surface area contributed by atoms with E-state index in [0.29, 0.717) is 5.69 Å². The van der Waals surface area contributed by atoms with E-state index in [4.69, 9.17) is 0 Å². The molecule has 88 valence electrons. The zero-order chi connectivity index (χ0) is 12.3. The normalized spacial score (nSPS) is 12.4. The predicted octanol–water partition coefficient (Wildman–Crippen LogP) is 2.76. The zero-order valence-electron chi connectivity index (χ0n) is 10.1. The van der Waals surface area contributed by atoms with Crippen LogP contribution in [0.1, 0.15) is 30.8 Å². The van der Waals surface area contributed by atoms with Crippen LogP contribution in [0.15, 0.2) is 36.4 Å². The van der Waals surface area contributed by atoms with E-state index in [9.17, 15) is 4.79 Å². The Morgan fingerprint density at radius 2 is 2.06 bits per heavy atom. The quantitative estimate of drug-likeness (QED) is 0.877. The third-order valence-corrected chi connectivity index (χ3v) is 2.82. The second-order valence-corrected chi connectivity index (χ2v) is 4.17. The number of nitrogens with zero attached hydrogens (tertiary/aromatic N) is 1. The number of rotatable bonds is 3. The van der Waals surface area contributed by atoms with Crippen LogP contribution in [0.25, 0.3) is 10.9 Å². The predicted molar refractivity (Wildman–Crippen MR) is 69.0 cm³/mol. The Bertz CT molecular complexity index is 536. The topological polar surface area (TPSA) is 42.0 Å². The van der Waals surface area contributed by atoms with E-state index in [2.05, 4.69) is 10.3 Å². The molecule has 1 N–H and O–H groups in total. The highest BCUT2D eigenvalue weighted by Gasteiger charge is 2.09. The van der Waals surface area contributed by atoms with Crippen molar-refractivity contribution in [3.05, 3.63) is 42.1 Å². The molecule has 1 amide bonds. The van der Waals surface area contributed by atoms with Gasteiger partial charge < -0.3 is 5.32 Å². The minimum Gasteiger partial charge on any atom is -0.348 e. The largest absolute Gasteiger partial charge is 0.348 e. The summed E-state index contributed by atoms with van der Waals surface area (Å²) >= 11 is 0. The Kier molecular flexibility index (Phi) is 3.38. The molecule has 0 aliphatic heterocycles. The van der Waals surface area contributed by atoms with Gasteiger partial charge in [-0.15, -0.1) is 0 Å². The number of carbonyl (C=O) groups is 1. The smallest absolute Gasteiger partial charge is 0.270 e. The molecule has 0 saturated heterocycles. The van der Waals surface area contributed by atoms with Crippen LogP contribution < -0.4 is 5.32 Å². The molecule has 1 unspecified atom stereocenters. The number of benzene rings is 1. The molecule has 0 fully saturated rings. The summed E-state index contributed by atoms with van der Waals surface area (Å²) < 4.78 is 0. The highest BCUT2D eigenvalue weighted by Crippen LogP contribution is 2.11. The molecule has 0 radical (unpaired) electrons. The highest BCUT2D eigenvalue weighted by molar-refractivity contribution is 5.94. The number of aromatic nitrogens is 1. The van der Waals surface area contributed by atoms with Gasteiger partial charge >= 0.3 is 0 Å². The van der Waals surface area contributed by atoms with Gasteiger partial charge in [0, 0.05) is 11.4 Å². The summed E-state index contributed by atoms with van der Waals surface area (Å²) in [5.41, 5.74) is 1.33. The van der Waals surface area contributed by atoms with Gasteiger partial charge in [-0.25, -0.2) is 4.98 Å². The molecule has 0 bridgehead atoms. The number of pyridine rings is 1. The Morgan fingerprint density at radius 1 is 1.29 bits per heavy atom. The summed E-state index contributed by atoms with van der Waals surface area (Å²) in [6.45, 7) is 4.03. The molecule has 0 aliphatic carbocycles. The third kappa shape index (κ3) is 2.61. The Labute approximate surface area is 101 Å². The van der Waals surface area contributed by atoms with Gasteiger partial charge in [-0.2, -0.15) is 0 Å². The van der Waals surface area contributed by atoms with Crippen LogP contribution in [0.2, 0.25) is 0 Å². The van der Waals surface area contributed by atoms with E-state index in [-0.39, 0.29) is 11.9 Å². The molecule has 17 heavy (non-hydrogen) atoms. The van der Waals surface area contributed by atoms with Crippen molar-refractivity contribution in [2.75, 3.05) is 0 Å². The molecule has 1 heterocycles. The Balaban J connectivity index is 2.27. The van der Waals surface area contributed by atoms with Crippen molar-refractivity contribution >= 4 is 16.8 Å². The van der Waals surface area contributed by atoms with Crippen LogP contribution in [0.5, 0.6) is 0 Å². The van der Waals surface area contributed by atoms with Crippen LogP contribution in [0, 0.1) is 0 Å². The lowest BCUT2D eigenvalue weighted by atomic mass is 10.2. The van der Waals surface area contributed by atoms with Gasteiger partial charge in [0.25, 0.3) is 5.91 Å². The van der Waals surface area contributed by atoms with Crippen LogP contribution in [0.4, 0.5) is 0 Å². The summed E-state index contributed by atoms with van der Waals surface area (Å²) in [4.78, 5) is 16.2. The fourth-order valence-corrected chi connectivity index (χ4v) is 1.59. The maximum absolute atomic E-state index is 11.9. The molecule has 2 rings (SSSR count). The molecule has 3 heteroatoms. The molecular formula is C14H16N2O. The molecule has 1 aromatic carbocycles. The van der Waals surface area contributed by atoms with Crippen LogP contribution in [-0.4, -0.2) is 16.9 Å². The number of fused-ring (bicyclic) bond motifs is 1. The van der Waals surface area contributed by atoms with Gasteiger partial charge in [-0.3, -0.25) is 4.79 Å². The number of para-hydroxylation sites is 1. The highest BCUT2D eigenvalue weighted by atomic mass is 16.1. The van der Waals surface area contributed by atoms with E-state index in [1.165, 1.54) is 0 Å². The van der Waals surface area contributed by atoms with E-state index in [0.717, 1.165) is 17.3 Å². The van der Waals surface area contributed by atoms with Crippen molar-refractivity contribution in [2.45, 2.75) is 26.3 Å². The Hall–Kier alpha value is -1.90. The SMILES string of the molecule is CCC(C)NC(=O)c1ccc2ccccc2n1. The second-order valence-electron chi connectivity index (χ2n) is 4.17. The van der Waals surface area contributed by atoms with E-state index in [1.54, 1.807) is 6.07 Å². The monoisotopic (exact) mass is 228 g/mol. The Morgan fingerprint density at radius 3 is 2.82 bits per heavy atom. The first kappa shape index (κ1) is 11.6. The average Bonchev–Trinajstić information content (AvgIpc) is 2.38. The molecule has 3 nitrogen and oxygen atoms in total. The molecule has 0 aliphatic rings. The van der Waals surface area contributed by atoms with Gasteiger partial charge in [0.15, 0.2) is 0 Å². The second kappa shape index (κ2) is 4.95. The van der Waals surface area contributed by atoms with Gasteiger partial charge in [-0.05, 0) is 25.5 Å². The molecule has 0 saturated carbocycles. The third-order valence-electron chi connectivity index (χ3n) is 2.82. The van der Waals surface area contributed by atoms with E-state index >= 15 is 0 Å². The van der Waals surface area contributed by atoms with E-state index < -0.39 is 0 Å². The van der Waals surface area contributed by atoms with Crippen molar-refractivity contribution in [2.24, 2.45) is 0 Å². The van der Waals surface area contributed by atoms with Gasteiger partial charge in [0.05, 0.1) is 5.52 Å². The minimum absolute atomic E-state index is 0.106. The number of amides is 1. The first-order chi connectivity index (χ1) is 8.20. The van der Waals surface area contributed by atoms with E-state index in [1.807, 2.05) is 44.2 Å². The van der Waals surface area contributed by atoms with Crippen molar-refractivity contribution in [3.63, 3.8) is 0 Å². The summed E-state index contributed by atoms with van der Waals surface area (Å²) in [7, 11) is 0. The lowest BCUT2D eigenvalue weighted by Crippen LogP contribution is -2.32. The maximum Gasteiger partial charge on any atom is 0.270 e. The van der Waals surface area contributed by atoms with Gasteiger partial charge in [0.2, 0.25) is 0 Å². The lowest BCUT2D eigenvalue weighted by molar-refractivity contribution is 0.0934. The maximum atomic E-state index is 11.9. The van der Waals surface area contributed by atoms with Crippen molar-refractivity contribution < 1.29 is 4.79 Å². The summed E-state index contributed by atoms with van der Waals surface area (Å²) in [5.74, 6) is -0.106. The molecule has 0 spiro atoms. The van der Waals surface area contributed by atoms with Crippen molar-refractivity contribution in [1.29, 1.82) is 0 Å². The number of carbonyl (C=O) groups excluding carboxylic acids is 1. The lowest BCUT2D eigenvalue weighted by Gasteiger charge is -2.10. The molecule has 2 aromatic rings. The van der Waals surface area contributed by atoms with Gasteiger partial charge in [-0.1, -0.05) is 31.2 Å². The minimum atomic E-state index is -0.106.